The second kappa shape index (κ2) is 12.8. The predicted molar refractivity (Wildman–Crippen MR) is 143 cm³/mol. The Bertz CT molecular complexity index is 1160. The molecule has 2 amide bonds. The van der Waals surface area contributed by atoms with Gasteiger partial charge in [0, 0.05) is 22.6 Å². The molecule has 0 spiro atoms. The second-order valence-electron chi connectivity index (χ2n) is 8.22. The maximum absolute atomic E-state index is 13.7. The van der Waals surface area contributed by atoms with Gasteiger partial charge in [-0.05, 0) is 49.6 Å². The number of benzene rings is 2. The minimum absolute atomic E-state index is 0.0197. The maximum atomic E-state index is 13.7. The van der Waals surface area contributed by atoms with Crippen LogP contribution in [0.25, 0.3) is 0 Å². The molecule has 35 heavy (non-hydrogen) atoms. The monoisotopic (exact) mass is 561 g/mol. The molecule has 0 aromatic heterocycles. The minimum Gasteiger partial charge on any atom is -0.352 e. The molecule has 7 nitrogen and oxygen atoms in total. The number of hydrogen-bond acceptors (Lipinski definition) is 4. The number of anilines is 1. The van der Waals surface area contributed by atoms with E-state index in [1.807, 2.05) is 13.8 Å². The van der Waals surface area contributed by atoms with Gasteiger partial charge in [-0.1, -0.05) is 66.8 Å². The Balaban J connectivity index is 2.50. The average Bonchev–Trinajstić information content (AvgIpc) is 2.79. The van der Waals surface area contributed by atoms with Gasteiger partial charge in [-0.2, -0.15) is 0 Å². The lowest BCUT2D eigenvalue weighted by Gasteiger charge is -2.33. The van der Waals surface area contributed by atoms with Gasteiger partial charge < -0.3 is 10.2 Å². The van der Waals surface area contributed by atoms with Gasteiger partial charge >= 0.3 is 0 Å². The van der Waals surface area contributed by atoms with Crippen molar-refractivity contribution in [3.05, 3.63) is 63.1 Å². The van der Waals surface area contributed by atoms with E-state index in [4.69, 9.17) is 34.8 Å². The molecule has 11 heteroatoms. The van der Waals surface area contributed by atoms with Gasteiger partial charge in [0.1, 0.15) is 12.6 Å². The zero-order valence-corrected chi connectivity index (χ0v) is 23.2. The lowest BCUT2D eigenvalue weighted by atomic mass is 10.1. The minimum atomic E-state index is -3.93. The SMILES string of the molecule is CC[C@@H](C)NC(=O)[C@@H](CC)N(Cc1ccccc1Cl)C(=O)CN(c1cc(Cl)ccc1Cl)S(C)(=O)=O. The van der Waals surface area contributed by atoms with Gasteiger partial charge in [0.25, 0.3) is 0 Å². The molecular formula is C24H30Cl3N3O4S. The molecule has 0 saturated carbocycles. The zero-order valence-electron chi connectivity index (χ0n) is 20.1. The van der Waals surface area contributed by atoms with E-state index in [1.54, 1.807) is 31.2 Å². The molecule has 0 heterocycles. The molecule has 2 rings (SSSR count). The van der Waals surface area contributed by atoms with E-state index in [-0.39, 0.29) is 34.2 Å². The highest BCUT2D eigenvalue weighted by Gasteiger charge is 2.33. The Labute approximate surface area is 222 Å². The third-order valence-corrected chi connectivity index (χ3v) is 7.59. The van der Waals surface area contributed by atoms with Crippen molar-refractivity contribution in [2.24, 2.45) is 0 Å². The van der Waals surface area contributed by atoms with Crippen molar-refractivity contribution in [1.29, 1.82) is 0 Å². The van der Waals surface area contributed by atoms with Crippen molar-refractivity contribution in [1.82, 2.24) is 10.2 Å². The molecule has 2 aromatic rings. The Hall–Kier alpha value is -2.00. The number of hydrogen-bond donors (Lipinski definition) is 1. The molecule has 0 saturated heterocycles. The van der Waals surface area contributed by atoms with Crippen molar-refractivity contribution in [3.8, 4) is 0 Å². The van der Waals surface area contributed by atoms with Crippen LogP contribution in [0.5, 0.6) is 0 Å². The van der Waals surface area contributed by atoms with Crippen LogP contribution >= 0.6 is 34.8 Å². The second-order valence-corrected chi connectivity index (χ2v) is 11.4. The number of sulfonamides is 1. The third-order valence-electron chi connectivity index (χ3n) is 5.54. The Kier molecular flexibility index (Phi) is 10.7. The first-order chi connectivity index (χ1) is 16.4. The van der Waals surface area contributed by atoms with Gasteiger partial charge in [0.15, 0.2) is 0 Å². The van der Waals surface area contributed by atoms with Crippen LogP contribution in [0.1, 0.15) is 39.2 Å². The Morgan fingerprint density at radius 3 is 2.23 bits per heavy atom. The van der Waals surface area contributed by atoms with Gasteiger partial charge in [0.05, 0.1) is 17.0 Å². The molecule has 2 aromatic carbocycles. The standard InChI is InChI=1S/C24H30Cl3N3O4S/c1-5-16(3)28-24(32)21(6-2)29(14-17-9-7-8-10-19(17)26)23(31)15-30(35(4,33)34)22-13-18(25)11-12-20(22)27/h7-13,16,21H,5-6,14-15H2,1-4H3,(H,28,32)/t16-,21-/m1/s1. The highest BCUT2D eigenvalue weighted by Crippen LogP contribution is 2.31. The number of nitrogens with zero attached hydrogens (tertiary/aromatic N) is 2. The molecule has 0 aliphatic rings. The van der Waals surface area contributed by atoms with Crippen molar-refractivity contribution in [2.45, 2.75) is 52.2 Å². The van der Waals surface area contributed by atoms with E-state index < -0.39 is 28.5 Å². The molecule has 0 bridgehead atoms. The van der Waals surface area contributed by atoms with E-state index in [1.165, 1.54) is 23.1 Å². The van der Waals surface area contributed by atoms with Gasteiger partial charge in [-0.25, -0.2) is 8.42 Å². The average molecular weight is 563 g/mol. The molecule has 2 atom stereocenters. The van der Waals surface area contributed by atoms with Gasteiger partial charge in [-0.15, -0.1) is 0 Å². The van der Waals surface area contributed by atoms with E-state index in [9.17, 15) is 18.0 Å². The first-order valence-electron chi connectivity index (χ1n) is 11.1. The van der Waals surface area contributed by atoms with Gasteiger partial charge in [0.2, 0.25) is 21.8 Å². The maximum Gasteiger partial charge on any atom is 0.244 e. The smallest absolute Gasteiger partial charge is 0.244 e. The van der Waals surface area contributed by atoms with E-state index >= 15 is 0 Å². The van der Waals surface area contributed by atoms with Crippen LogP contribution in [0.15, 0.2) is 42.5 Å². The Morgan fingerprint density at radius 2 is 1.66 bits per heavy atom. The number of halogens is 3. The summed E-state index contributed by atoms with van der Waals surface area (Å²) in [4.78, 5) is 28.1. The summed E-state index contributed by atoms with van der Waals surface area (Å²) in [6, 6.07) is 10.4. The summed E-state index contributed by atoms with van der Waals surface area (Å²) in [5.74, 6) is -0.911. The fraction of sp³-hybridized carbons (Fsp3) is 0.417. The van der Waals surface area contributed by atoms with Crippen LogP contribution in [0, 0.1) is 0 Å². The first kappa shape index (κ1) is 29.2. The number of carbonyl (C=O) groups excluding carboxylic acids is 2. The lowest BCUT2D eigenvalue weighted by molar-refractivity contribution is -0.140. The summed E-state index contributed by atoms with van der Waals surface area (Å²) in [5, 5.41) is 3.72. The molecule has 0 fully saturated rings. The third kappa shape index (κ3) is 8.00. The number of nitrogens with one attached hydrogen (secondary N) is 1. The molecule has 192 valence electrons. The quantitative estimate of drug-likeness (QED) is 0.411. The van der Waals surface area contributed by atoms with Crippen LogP contribution in [0.4, 0.5) is 5.69 Å². The fourth-order valence-corrected chi connectivity index (χ4v) is 4.93. The van der Waals surface area contributed by atoms with Crippen molar-refractivity contribution in [2.75, 3.05) is 17.1 Å². The van der Waals surface area contributed by atoms with Crippen molar-refractivity contribution >= 4 is 62.3 Å². The number of amides is 2. The van der Waals surface area contributed by atoms with E-state index in [0.29, 0.717) is 17.0 Å². The molecule has 0 aliphatic carbocycles. The number of carbonyl (C=O) groups is 2. The molecule has 0 radical (unpaired) electrons. The molecular weight excluding hydrogens is 533 g/mol. The fourth-order valence-electron chi connectivity index (χ4n) is 3.44. The topological polar surface area (TPSA) is 86.8 Å². The van der Waals surface area contributed by atoms with Gasteiger partial charge in [-0.3, -0.25) is 13.9 Å². The van der Waals surface area contributed by atoms with Crippen LogP contribution in [0.3, 0.4) is 0 Å². The van der Waals surface area contributed by atoms with Crippen LogP contribution in [-0.2, 0) is 26.2 Å². The largest absolute Gasteiger partial charge is 0.352 e. The lowest BCUT2D eigenvalue weighted by Crippen LogP contribution is -2.53. The zero-order chi connectivity index (χ0) is 26.3. The molecule has 0 aliphatic heterocycles. The first-order valence-corrected chi connectivity index (χ1v) is 14.1. The molecule has 0 unspecified atom stereocenters. The summed E-state index contributed by atoms with van der Waals surface area (Å²) in [6.45, 7) is 5.05. The van der Waals surface area contributed by atoms with Crippen LogP contribution in [-0.4, -0.2) is 50.0 Å². The highest BCUT2D eigenvalue weighted by atomic mass is 35.5. The highest BCUT2D eigenvalue weighted by molar-refractivity contribution is 7.92. The molecule has 1 N–H and O–H groups in total. The normalized spacial score (nSPS) is 13.1. The summed E-state index contributed by atoms with van der Waals surface area (Å²) in [5.41, 5.74) is 0.703. The van der Waals surface area contributed by atoms with E-state index in [2.05, 4.69) is 5.32 Å². The summed E-state index contributed by atoms with van der Waals surface area (Å²) in [7, 11) is -3.93. The predicted octanol–water partition coefficient (Wildman–Crippen LogP) is 5.13. The van der Waals surface area contributed by atoms with Crippen LogP contribution < -0.4 is 9.62 Å². The summed E-state index contributed by atoms with van der Waals surface area (Å²) >= 11 is 18.7. The van der Waals surface area contributed by atoms with E-state index in [0.717, 1.165) is 17.0 Å². The van der Waals surface area contributed by atoms with Crippen molar-refractivity contribution in [3.63, 3.8) is 0 Å². The van der Waals surface area contributed by atoms with Crippen molar-refractivity contribution < 1.29 is 18.0 Å². The number of rotatable bonds is 11. The summed E-state index contributed by atoms with van der Waals surface area (Å²) < 4.78 is 26.2. The summed E-state index contributed by atoms with van der Waals surface area (Å²) in [6.07, 6.45) is 2.01. The Morgan fingerprint density at radius 1 is 1.00 bits per heavy atom. The van der Waals surface area contributed by atoms with Crippen LogP contribution in [0.2, 0.25) is 15.1 Å².